The van der Waals surface area contributed by atoms with Crippen molar-refractivity contribution in [2.45, 2.75) is 25.4 Å². The van der Waals surface area contributed by atoms with Crippen LogP contribution in [0.25, 0.3) is 11.1 Å². The van der Waals surface area contributed by atoms with Crippen LogP contribution in [0.1, 0.15) is 28.6 Å². The molecule has 1 aromatic carbocycles. The van der Waals surface area contributed by atoms with Crippen molar-refractivity contribution in [3.63, 3.8) is 0 Å². The minimum Gasteiger partial charge on any atom is -0.494 e. The smallest absolute Gasteiger partial charge is 0.257 e. The van der Waals surface area contributed by atoms with Crippen molar-refractivity contribution in [3.8, 4) is 5.75 Å². The van der Waals surface area contributed by atoms with E-state index in [0.717, 1.165) is 0 Å². The molecule has 12 nitrogen and oxygen atoms in total. The second kappa shape index (κ2) is 9.20. The maximum absolute atomic E-state index is 14.9. The summed E-state index contributed by atoms with van der Waals surface area (Å²) in [5, 5.41) is 15.5. The van der Waals surface area contributed by atoms with Crippen molar-refractivity contribution >= 4 is 34.6 Å². The predicted molar refractivity (Wildman–Crippen MR) is 135 cm³/mol. The molecule has 6 rings (SSSR count). The van der Waals surface area contributed by atoms with Crippen LogP contribution >= 0.6 is 0 Å². The van der Waals surface area contributed by atoms with E-state index in [0.29, 0.717) is 42.1 Å². The Bertz CT molecular complexity index is 1510. The zero-order chi connectivity index (χ0) is 27.5. The van der Waals surface area contributed by atoms with E-state index in [1.807, 2.05) is 11.8 Å². The van der Waals surface area contributed by atoms with Crippen LogP contribution in [0.4, 0.5) is 10.2 Å². The number of aromatic nitrogens is 1. The molecule has 0 radical (unpaired) electrons. The number of piperazine rings is 1. The van der Waals surface area contributed by atoms with Crippen LogP contribution in [0.5, 0.6) is 5.75 Å². The first-order valence-corrected chi connectivity index (χ1v) is 12.6. The fourth-order valence-corrected chi connectivity index (χ4v) is 5.47. The van der Waals surface area contributed by atoms with Gasteiger partial charge in [0.15, 0.2) is 29.0 Å². The molecule has 0 bridgehead atoms. The van der Waals surface area contributed by atoms with Crippen molar-refractivity contribution in [3.05, 3.63) is 53.0 Å². The van der Waals surface area contributed by atoms with Gasteiger partial charge in [0, 0.05) is 32.2 Å². The summed E-state index contributed by atoms with van der Waals surface area (Å²) in [7, 11) is 1.31. The number of carbonyl (C=O) groups excluding carboxylic acids is 3. The molecule has 3 amide bonds. The van der Waals surface area contributed by atoms with Crippen molar-refractivity contribution in [2.75, 3.05) is 44.7 Å². The third-order valence-corrected chi connectivity index (χ3v) is 7.55. The lowest BCUT2D eigenvalue weighted by Crippen LogP contribution is -2.53. The highest BCUT2D eigenvalue weighted by atomic mass is 19.1. The molecular formula is C26H27FN6O6. The number of aliphatic hydroxyl groups is 1. The Morgan fingerprint density at radius 3 is 2.69 bits per heavy atom. The molecule has 2 fully saturated rings. The number of amides is 3. The second-order valence-corrected chi connectivity index (χ2v) is 9.76. The minimum absolute atomic E-state index is 0.0173. The monoisotopic (exact) mass is 538 g/mol. The summed E-state index contributed by atoms with van der Waals surface area (Å²) in [6, 6.07) is 8.07. The molecule has 2 unspecified atom stereocenters. The number of hydrogen-bond donors (Lipinski definition) is 3. The molecule has 204 valence electrons. The van der Waals surface area contributed by atoms with Crippen LogP contribution in [0.3, 0.4) is 0 Å². The SMILES string of the molecule is CCN1CCN(c2ccc3oc(C4(CN5Cc6ccc(OC)c(F)c6C5=O)NC(O)NC4=O)cc3n2)CC1=O. The van der Waals surface area contributed by atoms with E-state index in [-0.39, 0.29) is 42.6 Å². The minimum atomic E-state index is -1.67. The van der Waals surface area contributed by atoms with Gasteiger partial charge in [-0.15, -0.1) is 0 Å². The summed E-state index contributed by atoms with van der Waals surface area (Å²) in [4.78, 5) is 48.5. The number of aliphatic hydroxyl groups excluding tert-OH is 1. The molecule has 13 heteroatoms. The van der Waals surface area contributed by atoms with Crippen molar-refractivity contribution in [1.29, 1.82) is 0 Å². The van der Waals surface area contributed by atoms with Crippen LogP contribution in [0.15, 0.2) is 34.7 Å². The Hall–Kier alpha value is -4.23. The average molecular weight is 539 g/mol. The van der Waals surface area contributed by atoms with E-state index in [1.54, 1.807) is 29.2 Å². The van der Waals surface area contributed by atoms with Crippen LogP contribution in [-0.2, 0) is 21.7 Å². The molecule has 0 aliphatic carbocycles. The maximum Gasteiger partial charge on any atom is 0.257 e. The van der Waals surface area contributed by atoms with Gasteiger partial charge in [0.2, 0.25) is 5.91 Å². The van der Waals surface area contributed by atoms with Crippen molar-refractivity contribution in [1.82, 2.24) is 25.4 Å². The molecule has 3 aliphatic heterocycles. The highest BCUT2D eigenvalue weighted by Gasteiger charge is 2.53. The maximum atomic E-state index is 14.9. The Morgan fingerprint density at radius 1 is 1.18 bits per heavy atom. The summed E-state index contributed by atoms with van der Waals surface area (Å²) in [6.45, 7) is 3.83. The van der Waals surface area contributed by atoms with E-state index in [1.165, 1.54) is 18.1 Å². The number of nitrogens with zero attached hydrogens (tertiary/aromatic N) is 4. The number of benzene rings is 1. The standard InChI is InChI=1S/C26H27FN6O6/c1-3-31-8-9-32(12-20(31)34)19-7-6-16-15(28-19)10-18(39-16)26(24(36)29-25(37)30-26)13-33-11-14-4-5-17(38-2)22(27)21(14)23(33)35/h4-7,10,25,30,37H,3,8-9,11-13H2,1-2H3,(H,29,36). The van der Waals surface area contributed by atoms with Crippen LogP contribution in [0, 0.1) is 5.82 Å². The third-order valence-electron chi connectivity index (χ3n) is 7.55. The molecule has 39 heavy (non-hydrogen) atoms. The number of methoxy groups -OCH3 is 1. The first-order valence-electron chi connectivity index (χ1n) is 12.6. The number of rotatable bonds is 6. The summed E-state index contributed by atoms with van der Waals surface area (Å²) in [6.07, 6.45) is -1.40. The fourth-order valence-electron chi connectivity index (χ4n) is 5.47. The molecule has 5 heterocycles. The van der Waals surface area contributed by atoms with Gasteiger partial charge in [-0.05, 0) is 30.7 Å². The largest absolute Gasteiger partial charge is 0.494 e. The molecule has 3 aromatic rings. The van der Waals surface area contributed by atoms with Gasteiger partial charge < -0.3 is 34.3 Å². The van der Waals surface area contributed by atoms with Gasteiger partial charge in [-0.3, -0.25) is 19.7 Å². The lowest BCUT2D eigenvalue weighted by molar-refractivity contribution is -0.130. The summed E-state index contributed by atoms with van der Waals surface area (Å²) in [5.74, 6) is -1.30. The van der Waals surface area contributed by atoms with Gasteiger partial charge in [0.25, 0.3) is 11.8 Å². The number of pyridine rings is 1. The molecule has 3 aliphatic rings. The number of furan rings is 1. The Labute approximate surface area is 222 Å². The van der Waals surface area contributed by atoms with E-state index >= 15 is 0 Å². The van der Waals surface area contributed by atoms with E-state index in [4.69, 9.17) is 9.15 Å². The molecular weight excluding hydrogens is 511 g/mol. The molecule has 0 spiro atoms. The first-order chi connectivity index (χ1) is 18.7. The van der Waals surface area contributed by atoms with Gasteiger partial charge in [-0.2, -0.15) is 0 Å². The first kappa shape index (κ1) is 25.1. The molecule has 2 saturated heterocycles. The summed E-state index contributed by atoms with van der Waals surface area (Å²) >= 11 is 0. The third kappa shape index (κ3) is 3.96. The Balaban J connectivity index is 1.32. The highest BCUT2D eigenvalue weighted by Crippen LogP contribution is 2.36. The molecule has 2 aromatic heterocycles. The van der Waals surface area contributed by atoms with Crippen molar-refractivity contribution < 1.29 is 33.0 Å². The highest BCUT2D eigenvalue weighted by molar-refractivity contribution is 6.00. The zero-order valence-electron chi connectivity index (χ0n) is 21.4. The van der Waals surface area contributed by atoms with E-state index in [2.05, 4.69) is 15.6 Å². The van der Waals surface area contributed by atoms with Crippen LogP contribution in [-0.4, -0.2) is 83.8 Å². The number of hydrogen-bond acceptors (Lipinski definition) is 9. The van der Waals surface area contributed by atoms with Crippen LogP contribution in [0.2, 0.25) is 0 Å². The van der Waals surface area contributed by atoms with Gasteiger partial charge in [0.1, 0.15) is 17.1 Å². The molecule has 0 saturated carbocycles. The number of ether oxygens (including phenoxy) is 1. The quantitative estimate of drug-likeness (QED) is 0.409. The molecule has 2 atom stereocenters. The number of carbonyl (C=O) groups is 3. The normalized spacial score (nSPS) is 23.1. The van der Waals surface area contributed by atoms with E-state index < -0.39 is 29.5 Å². The van der Waals surface area contributed by atoms with Gasteiger partial charge >= 0.3 is 0 Å². The topological polar surface area (TPSA) is 140 Å². The Morgan fingerprint density at radius 2 is 2.00 bits per heavy atom. The predicted octanol–water partition coefficient (Wildman–Crippen LogP) is 0.491. The zero-order valence-corrected chi connectivity index (χ0v) is 21.4. The lowest BCUT2D eigenvalue weighted by Gasteiger charge is -2.34. The molecule has 3 N–H and O–H groups in total. The van der Waals surface area contributed by atoms with Crippen molar-refractivity contribution in [2.24, 2.45) is 0 Å². The fraction of sp³-hybridized carbons (Fsp3) is 0.385. The number of fused-ring (bicyclic) bond motifs is 2. The number of likely N-dealkylation sites (N-methyl/N-ethyl adjacent to an activating group) is 1. The van der Waals surface area contributed by atoms with Gasteiger partial charge in [-0.1, -0.05) is 6.07 Å². The number of halogens is 1. The van der Waals surface area contributed by atoms with E-state index in [9.17, 15) is 23.9 Å². The summed E-state index contributed by atoms with van der Waals surface area (Å²) in [5.41, 5.74) is -0.496. The van der Waals surface area contributed by atoms with Gasteiger partial charge in [0.05, 0.1) is 25.8 Å². The average Bonchev–Trinajstić information content (AvgIpc) is 3.57. The second-order valence-electron chi connectivity index (χ2n) is 9.76. The number of nitrogens with one attached hydrogen (secondary N) is 2. The summed E-state index contributed by atoms with van der Waals surface area (Å²) < 4.78 is 25.9. The lowest BCUT2D eigenvalue weighted by atomic mass is 9.95. The Kier molecular flexibility index (Phi) is 5.92. The van der Waals surface area contributed by atoms with Gasteiger partial charge in [-0.25, -0.2) is 9.37 Å². The van der Waals surface area contributed by atoms with Crippen LogP contribution < -0.4 is 20.3 Å². The number of anilines is 1.